The minimum absolute atomic E-state index is 0.106. The molecule has 0 aliphatic rings. The van der Waals surface area contributed by atoms with Crippen molar-refractivity contribution in [3.05, 3.63) is 94.2 Å². The highest BCUT2D eigenvalue weighted by Gasteiger charge is 2.17. The molecule has 0 unspecified atom stereocenters. The number of nitrogens with one attached hydrogen (secondary N) is 3. The number of hydrogen-bond acceptors (Lipinski definition) is 3. The molecule has 3 aromatic rings. The molecule has 0 aliphatic heterocycles. The molecular weight excluding hydrogens is 370 g/mol. The van der Waals surface area contributed by atoms with Crippen molar-refractivity contribution >= 4 is 23.3 Å². The van der Waals surface area contributed by atoms with Crippen LogP contribution in [0.25, 0.3) is 0 Å². The normalized spacial score (nSPS) is 11.4. The van der Waals surface area contributed by atoms with Crippen molar-refractivity contribution in [1.29, 1.82) is 0 Å². The Kier molecular flexibility index (Phi) is 7.21. The second-order valence-corrected chi connectivity index (χ2v) is 7.25. The number of hydrogen-bond donors (Lipinski definition) is 3. The number of carbonyl (C=O) groups excluding carboxylic acids is 2. The van der Waals surface area contributed by atoms with Crippen molar-refractivity contribution in [1.82, 2.24) is 16.0 Å². The van der Waals surface area contributed by atoms with Gasteiger partial charge in [-0.2, -0.15) is 0 Å². The van der Waals surface area contributed by atoms with E-state index in [2.05, 4.69) is 16.0 Å². The van der Waals surface area contributed by atoms with E-state index in [1.807, 2.05) is 78.2 Å². The number of carbonyl (C=O) groups is 2. The summed E-state index contributed by atoms with van der Waals surface area (Å²) in [6.07, 6.45) is 0.216. The van der Waals surface area contributed by atoms with Crippen molar-refractivity contribution in [2.24, 2.45) is 0 Å². The number of thiophene rings is 1. The van der Waals surface area contributed by atoms with E-state index in [9.17, 15) is 9.59 Å². The second kappa shape index (κ2) is 10.3. The van der Waals surface area contributed by atoms with Gasteiger partial charge in [0.2, 0.25) is 5.91 Å². The van der Waals surface area contributed by atoms with Gasteiger partial charge in [-0.1, -0.05) is 66.7 Å². The van der Waals surface area contributed by atoms with Crippen LogP contribution in [0.3, 0.4) is 0 Å². The summed E-state index contributed by atoms with van der Waals surface area (Å²) < 4.78 is 0. The molecule has 0 fully saturated rings. The molecule has 3 amide bonds. The van der Waals surface area contributed by atoms with Gasteiger partial charge in [-0.15, -0.1) is 11.3 Å². The lowest BCUT2D eigenvalue weighted by atomic mass is 10.1. The summed E-state index contributed by atoms with van der Waals surface area (Å²) in [5, 5.41) is 10.6. The van der Waals surface area contributed by atoms with Gasteiger partial charge in [-0.25, -0.2) is 4.79 Å². The van der Waals surface area contributed by atoms with E-state index < -0.39 is 0 Å². The summed E-state index contributed by atoms with van der Waals surface area (Å²) in [6.45, 7) is 0.728. The zero-order valence-corrected chi connectivity index (χ0v) is 16.2. The van der Waals surface area contributed by atoms with Gasteiger partial charge in [0.05, 0.1) is 6.04 Å². The number of amides is 3. The molecule has 0 bridgehead atoms. The minimum Gasteiger partial charge on any atom is -0.344 e. The predicted octanol–water partition coefficient (Wildman–Crippen LogP) is 3.84. The average Bonchev–Trinajstić information content (AvgIpc) is 3.26. The fourth-order valence-electron chi connectivity index (χ4n) is 2.78. The van der Waals surface area contributed by atoms with Gasteiger partial charge >= 0.3 is 6.03 Å². The van der Waals surface area contributed by atoms with Gasteiger partial charge in [-0.3, -0.25) is 4.79 Å². The highest BCUT2D eigenvalue weighted by Crippen LogP contribution is 2.25. The van der Waals surface area contributed by atoms with Gasteiger partial charge in [0, 0.05) is 24.4 Å². The molecule has 1 heterocycles. The lowest BCUT2D eigenvalue weighted by molar-refractivity contribution is -0.121. The molecule has 144 valence electrons. The van der Waals surface area contributed by atoms with E-state index in [1.54, 1.807) is 11.3 Å². The largest absolute Gasteiger partial charge is 0.344 e. The van der Waals surface area contributed by atoms with Gasteiger partial charge in [0.25, 0.3) is 0 Å². The molecule has 6 heteroatoms. The standard InChI is InChI=1S/C22H23N3O2S/c26-20(13-14-23-22(27)24-16-17-8-3-1-4-9-17)25-21(19-12-7-15-28-19)18-10-5-2-6-11-18/h1-12,15,21H,13-14,16H2,(H,25,26)(H2,23,24,27)/t21-/m0/s1. The minimum atomic E-state index is -0.283. The summed E-state index contributed by atoms with van der Waals surface area (Å²) in [5.74, 6) is -0.106. The fraction of sp³-hybridized carbons (Fsp3) is 0.182. The highest BCUT2D eigenvalue weighted by molar-refractivity contribution is 7.10. The fourth-order valence-corrected chi connectivity index (χ4v) is 3.59. The molecule has 0 spiro atoms. The van der Waals surface area contributed by atoms with Crippen LogP contribution in [-0.4, -0.2) is 18.5 Å². The molecule has 0 saturated carbocycles. The van der Waals surface area contributed by atoms with Crippen molar-refractivity contribution < 1.29 is 9.59 Å². The van der Waals surface area contributed by atoms with Crippen LogP contribution < -0.4 is 16.0 Å². The van der Waals surface area contributed by atoms with Crippen LogP contribution in [0.15, 0.2) is 78.2 Å². The average molecular weight is 394 g/mol. The second-order valence-electron chi connectivity index (χ2n) is 6.27. The smallest absolute Gasteiger partial charge is 0.315 e. The van der Waals surface area contributed by atoms with E-state index in [-0.39, 0.29) is 30.9 Å². The van der Waals surface area contributed by atoms with Crippen molar-refractivity contribution in [3.8, 4) is 0 Å². The third kappa shape index (κ3) is 5.96. The Morgan fingerprint density at radius 2 is 1.57 bits per heavy atom. The molecule has 0 aliphatic carbocycles. The maximum Gasteiger partial charge on any atom is 0.315 e. The zero-order valence-electron chi connectivity index (χ0n) is 15.4. The highest BCUT2D eigenvalue weighted by atomic mass is 32.1. The first-order valence-electron chi connectivity index (χ1n) is 9.16. The summed E-state index contributed by atoms with van der Waals surface area (Å²) >= 11 is 1.61. The number of urea groups is 1. The topological polar surface area (TPSA) is 70.2 Å². The summed E-state index contributed by atoms with van der Waals surface area (Å²) in [5.41, 5.74) is 2.06. The SMILES string of the molecule is O=C(CCNC(=O)NCc1ccccc1)N[C@@H](c1ccccc1)c1cccs1. The molecule has 3 N–H and O–H groups in total. The molecular formula is C22H23N3O2S. The van der Waals surface area contributed by atoms with Crippen LogP contribution in [-0.2, 0) is 11.3 Å². The molecule has 0 saturated heterocycles. The summed E-state index contributed by atoms with van der Waals surface area (Å²) in [6, 6.07) is 23.1. The van der Waals surface area contributed by atoms with Crippen LogP contribution in [0.4, 0.5) is 4.79 Å². The van der Waals surface area contributed by atoms with Crippen LogP contribution in [0, 0.1) is 0 Å². The predicted molar refractivity (Wildman–Crippen MR) is 112 cm³/mol. The molecule has 28 heavy (non-hydrogen) atoms. The van der Waals surface area contributed by atoms with Crippen LogP contribution in [0.2, 0.25) is 0 Å². The quantitative estimate of drug-likeness (QED) is 0.544. The first-order valence-corrected chi connectivity index (χ1v) is 10.0. The number of rotatable bonds is 8. The van der Waals surface area contributed by atoms with Gasteiger partial charge in [0.1, 0.15) is 0 Å². The van der Waals surface area contributed by atoms with Crippen molar-refractivity contribution in [3.63, 3.8) is 0 Å². The van der Waals surface area contributed by atoms with Crippen molar-refractivity contribution in [2.75, 3.05) is 6.54 Å². The maximum absolute atomic E-state index is 12.4. The van der Waals surface area contributed by atoms with Crippen LogP contribution in [0.5, 0.6) is 0 Å². The zero-order chi connectivity index (χ0) is 19.6. The van der Waals surface area contributed by atoms with E-state index in [1.165, 1.54) is 0 Å². The van der Waals surface area contributed by atoms with E-state index >= 15 is 0 Å². The van der Waals surface area contributed by atoms with Gasteiger partial charge < -0.3 is 16.0 Å². The monoisotopic (exact) mass is 393 g/mol. The summed E-state index contributed by atoms with van der Waals surface area (Å²) in [7, 11) is 0. The first-order chi connectivity index (χ1) is 13.7. The Hall–Kier alpha value is -3.12. The van der Waals surface area contributed by atoms with Crippen LogP contribution in [0.1, 0.15) is 28.5 Å². The maximum atomic E-state index is 12.4. The van der Waals surface area contributed by atoms with Crippen LogP contribution >= 0.6 is 11.3 Å². The molecule has 1 atom stereocenters. The Labute approximate surface area is 168 Å². The number of benzene rings is 2. The molecule has 1 aromatic heterocycles. The summed E-state index contributed by atoms with van der Waals surface area (Å²) in [4.78, 5) is 25.4. The lowest BCUT2D eigenvalue weighted by Crippen LogP contribution is -2.38. The third-order valence-electron chi connectivity index (χ3n) is 4.20. The van der Waals surface area contributed by atoms with E-state index in [0.717, 1.165) is 16.0 Å². The Bertz CT molecular complexity index is 867. The third-order valence-corrected chi connectivity index (χ3v) is 5.14. The first kappa shape index (κ1) is 19.6. The van der Waals surface area contributed by atoms with Gasteiger partial charge in [0.15, 0.2) is 0 Å². The molecule has 0 radical (unpaired) electrons. The Morgan fingerprint density at radius 3 is 2.25 bits per heavy atom. The Balaban J connectivity index is 1.45. The molecule has 5 nitrogen and oxygen atoms in total. The Morgan fingerprint density at radius 1 is 0.857 bits per heavy atom. The van der Waals surface area contributed by atoms with Crippen molar-refractivity contribution in [2.45, 2.75) is 19.0 Å². The lowest BCUT2D eigenvalue weighted by Gasteiger charge is -2.18. The molecule has 3 rings (SSSR count). The molecule has 2 aromatic carbocycles. The van der Waals surface area contributed by atoms with E-state index in [4.69, 9.17) is 0 Å². The van der Waals surface area contributed by atoms with E-state index in [0.29, 0.717) is 6.54 Å². The van der Waals surface area contributed by atoms with Gasteiger partial charge in [-0.05, 0) is 22.6 Å².